The number of rotatable bonds is 5. The van der Waals surface area contributed by atoms with E-state index in [0.717, 1.165) is 43.1 Å². The molecule has 3 N–H and O–H groups in total. The van der Waals surface area contributed by atoms with Gasteiger partial charge in [0.05, 0.1) is 12.2 Å². The van der Waals surface area contributed by atoms with Crippen LogP contribution in [0.2, 0.25) is 0 Å². The van der Waals surface area contributed by atoms with E-state index in [1.54, 1.807) is 13.3 Å². The number of piperidine rings is 1. The second-order valence-electron chi connectivity index (χ2n) is 6.54. The molecule has 1 atom stereocenters. The zero-order chi connectivity index (χ0) is 18.4. The van der Waals surface area contributed by atoms with Crippen LogP contribution in [0.1, 0.15) is 25.0 Å². The minimum Gasteiger partial charge on any atom is -0.444 e. The Hall–Kier alpha value is -2.83. The number of carbonyl (C=O) groups is 1. The molecule has 1 fully saturated rings. The molecule has 3 rings (SSSR count). The van der Waals surface area contributed by atoms with E-state index in [0.29, 0.717) is 18.9 Å². The lowest BCUT2D eigenvalue weighted by Gasteiger charge is -2.34. The highest BCUT2D eigenvalue weighted by Gasteiger charge is 2.23. The van der Waals surface area contributed by atoms with Gasteiger partial charge in [0.2, 0.25) is 11.8 Å². The van der Waals surface area contributed by atoms with Crippen molar-refractivity contribution in [3.8, 4) is 11.5 Å². The Balaban J connectivity index is 1.58. The number of aromatic nitrogens is 1. The number of benzene rings is 1. The van der Waals surface area contributed by atoms with Gasteiger partial charge in [-0.3, -0.25) is 9.79 Å². The lowest BCUT2D eigenvalue weighted by Crippen LogP contribution is -2.46. The number of nitrogens with one attached hydrogen (secondary N) is 1. The summed E-state index contributed by atoms with van der Waals surface area (Å²) < 4.78 is 5.57. The minimum atomic E-state index is -0.240. The maximum absolute atomic E-state index is 11.2. The van der Waals surface area contributed by atoms with Gasteiger partial charge in [0, 0.05) is 32.1 Å². The number of primary amides is 1. The maximum Gasteiger partial charge on any atom is 0.226 e. The summed E-state index contributed by atoms with van der Waals surface area (Å²) in [4.78, 5) is 22.2. The molecule has 0 saturated carbocycles. The van der Waals surface area contributed by atoms with E-state index >= 15 is 0 Å². The molecule has 2 heterocycles. The molecule has 0 radical (unpaired) electrons. The number of aliphatic imine (C=N–C) groups is 1. The molecular formula is C19H25N5O2. The van der Waals surface area contributed by atoms with Crippen LogP contribution in [0.25, 0.3) is 11.5 Å². The van der Waals surface area contributed by atoms with Crippen LogP contribution in [0.3, 0.4) is 0 Å². The van der Waals surface area contributed by atoms with Gasteiger partial charge in [-0.15, -0.1) is 0 Å². The van der Waals surface area contributed by atoms with E-state index in [2.05, 4.69) is 20.2 Å². The SMILES string of the molecule is CN=C(NCc1coc(-c2ccccc2)n1)N1CCCC(CC(N)=O)C1. The molecule has 7 heteroatoms. The fourth-order valence-electron chi connectivity index (χ4n) is 3.31. The first-order valence-electron chi connectivity index (χ1n) is 8.89. The number of likely N-dealkylation sites (tertiary alicyclic amines) is 1. The fourth-order valence-corrected chi connectivity index (χ4v) is 3.31. The number of hydrogen-bond donors (Lipinski definition) is 2. The van der Waals surface area contributed by atoms with Crippen LogP contribution < -0.4 is 11.1 Å². The molecule has 1 aliphatic heterocycles. The van der Waals surface area contributed by atoms with Crippen LogP contribution in [-0.2, 0) is 11.3 Å². The predicted molar refractivity (Wildman–Crippen MR) is 100 cm³/mol. The van der Waals surface area contributed by atoms with Crippen LogP contribution >= 0.6 is 0 Å². The molecule has 1 aliphatic rings. The number of guanidine groups is 1. The molecule has 0 bridgehead atoms. The highest BCUT2D eigenvalue weighted by Crippen LogP contribution is 2.20. The smallest absolute Gasteiger partial charge is 0.226 e. The van der Waals surface area contributed by atoms with E-state index in [1.807, 2.05) is 30.3 Å². The van der Waals surface area contributed by atoms with Crippen LogP contribution in [0.4, 0.5) is 0 Å². The summed E-state index contributed by atoms with van der Waals surface area (Å²) in [5.41, 5.74) is 7.11. The van der Waals surface area contributed by atoms with Crippen LogP contribution in [0.5, 0.6) is 0 Å². The number of oxazole rings is 1. The van der Waals surface area contributed by atoms with Crippen molar-refractivity contribution in [3.05, 3.63) is 42.3 Å². The molecule has 1 aromatic heterocycles. The zero-order valence-corrected chi connectivity index (χ0v) is 15.0. The van der Waals surface area contributed by atoms with E-state index in [-0.39, 0.29) is 11.8 Å². The van der Waals surface area contributed by atoms with Gasteiger partial charge in [-0.05, 0) is 30.9 Å². The molecule has 0 aliphatic carbocycles. The Morgan fingerprint density at radius 2 is 2.23 bits per heavy atom. The molecule has 1 unspecified atom stereocenters. The van der Waals surface area contributed by atoms with Gasteiger partial charge in [0.15, 0.2) is 5.96 Å². The lowest BCUT2D eigenvalue weighted by molar-refractivity contribution is -0.119. The van der Waals surface area contributed by atoms with Gasteiger partial charge in [-0.2, -0.15) is 0 Å². The first-order valence-corrected chi connectivity index (χ1v) is 8.89. The molecule has 1 amide bonds. The summed E-state index contributed by atoms with van der Waals surface area (Å²) in [5, 5.41) is 3.33. The van der Waals surface area contributed by atoms with Crippen molar-refractivity contribution in [2.24, 2.45) is 16.6 Å². The van der Waals surface area contributed by atoms with Crippen molar-refractivity contribution in [2.45, 2.75) is 25.8 Å². The van der Waals surface area contributed by atoms with Crippen molar-refractivity contribution in [1.82, 2.24) is 15.2 Å². The fraction of sp³-hybridized carbons (Fsp3) is 0.421. The second kappa shape index (κ2) is 8.51. The standard InChI is InChI=1S/C19H25N5O2/c1-21-19(24-9-5-6-14(12-24)10-17(20)25)22-11-16-13-26-18(23-16)15-7-3-2-4-8-15/h2-4,7-8,13-14H,5-6,9-12H2,1H3,(H2,20,25)(H,21,22). The van der Waals surface area contributed by atoms with Crippen molar-refractivity contribution < 1.29 is 9.21 Å². The van der Waals surface area contributed by atoms with Gasteiger partial charge in [-0.25, -0.2) is 4.98 Å². The van der Waals surface area contributed by atoms with E-state index in [4.69, 9.17) is 10.2 Å². The third-order valence-corrected chi connectivity index (χ3v) is 4.52. The van der Waals surface area contributed by atoms with Crippen molar-refractivity contribution >= 4 is 11.9 Å². The van der Waals surface area contributed by atoms with Crippen molar-refractivity contribution in [1.29, 1.82) is 0 Å². The molecule has 7 nitrogen and oxygen atoms in total. The Morgan fingerprint density at radius 3 is 2.96 bits per heavy atom. The molecule has 138 valence electrons. The highest BCUT2D eigenvalue weighted by atomic mass is 16.3. The average Bonchev–Trinajstić information content (AvgIpc) is 3.12. The zero-order valence-electron chi connectivity index (χ0n) is 15.0. The molecule has 1 saturated heterocycles. The minimum absolute atomic E-state index is 0.240. The Bertz CT molecular complexity index is 756. The number of amides is 1. The molecular weight excluding hydrogens is 330 g/mol. The molecule has 26 heavy (non-hydrogen) atoms. The normalized spacial score (nSPS) is 18.0. The van der Waals surface area contributed by atoms with Gasteiger partial charge in [0.1, 0.15) is 6.26 Å². The summed E-state index contributed by atoms with van der Waals surface area (Å²) in [6.07, 6.45) is 4.15. The van der Waals surface area contributed by atoms with Crippen LogP contribution in [0, 0.1) is 5.92 Å². The van der Waals surface area contributed by atoms with Gasteiger partial charge >= 0.3 is 0 Å². The third-order valence-electron chi connectivity index (χ3n) is 4.52. The summed E-state index contributed by atoms with van der Waals surface area (Å²) in [6.45, 7) is 2.24. The van der Waals surface area contributed by atoms with Crippen LogP contribution in [-0.4, -0.2) is 41.9 Å². The summed E-state index contributed by atoms with van der Waals surface area (Å²) in [6, 6.07) is 9.81. The van der Waals surface area contributed by atoms with Gasteiger partial charge < -0.3 is 20.4 Å². The largest absolute Gasteiger partial charge is 0.444 e. The summed E-state index contributed by atoms with van der Waals surface area (Å²) >= 11 is 0. The van der Waals surface area contributed by atoms with E-state index in [9.17, 15) is 4.79 Å². The Kier molecular flexibility index (Phi) is 5.88. The monoisotopic (exact) mass is 355 g/mol. The first-order chi connectivity index (χ1) is 12.7. The number of hydrogen-bond acceptors (Lipinski definition) is 4. The predicted octanol–water partition coefficient (Wildman–Crippen LogP) is 2.00. The maximum atomic E-state index is 11.2. The number of carbonyl (C=O) groups excluding carboxylic acids is 1. The topological polar surface area (TPSA) is 96.8 Å². The second-order valence-corrected chi connectivity index (χ2v) is 6.54. The van der Waals surface area contributed by atoms with E-state index < -0.39 is 0 Å². The van der Waals surface area contributed by atoms with Gasteiger partial charge in [-0.1, -0.05) is 18.2 Å². The van der Waals surface area contributed by atoms with Crippen LogP contribution in [0.15, 0.2) is 46.0 Å². The highest BCUT2D eigenvalue weighted by molar-refractivity contribution is 5.80. The summed E-state index contributed by atoms with van der Waals surface area (Å²) in [7, 11) is 1.76. The summed E-state index contributed by atoms with van der Waals surface area (Å²) in [5.74, 6) is 1.47. The van der Waals surface area contributed by atoms with Crippen molar-refractivity contribution in [2.75, 3.05) is 20.1 Å². The number of nitrogens with zero attached hydrogens (tertiary/aromatic N) is 3. The Labute approximate surface area is 153 Å². The Morgan fingerprint density at radius 1 is 1.42 bits per heavy atom. The lowest BCUT2D eigenvalue weighted by atomic mass is 9.95. The average molecular weight is 355 g/mol. The van der Waals surface area contributed by atoms with E-state index in [1.165, 1.54) is 0 Å². The first kappa shape index (κ1) is 18.0. The van der Waals surface area contributed by atoms with Crippen molar-refractivity contribution in [3.63, 3.8) is 0 Å². The molecule has 0 spiro atoms. The quantitative estimate of drug-likeness (QED) is 0.632. The molecule has 1 aromatic carbocycles. The third kappa shape index (κ3) is 4.62. The molecule has 2 aromatic rings. The number of nitrogens with two attached hydrogens (primary N) is 1. The van der Waals surface area contributed by atoms with Gasteiger partial charge in [0.25, 0.3) is 0 Å².